The van der Waals surface area contributed by atoms with E-state index in [1.165, 1.54) is 0 Å². The highest BCUT2D eigenvalue weighted by atomic mass is 35.5. The number of likely N-dealkylation sites (N-methyl/N-ethyl adjacent to an activating group) is 1. The number of aryl methyl sites for hydroxylation is 1. The average Bonchev–Trinajstić information content (AvgIpc) is 2.79. The normalized spacial score (nSPS) is 10.6. The summed E-state index contributed by atoms with van der Waals surface area (Å²) >= 11 is 12.1. The van der Waals surface area contributed by atoms with Gasteiger partial charge in [-0.05, 0) is 24.6 Å². The quantitative estimate of drug-likeness (QED) is 0.944. The van der Waals surface area contributed by atoms with Crippen LogP contribution in [0.25, 0.3) is 0 Å². The summed E-state index contributed by atoms with van der Waals surface area (Å²) in [5.41, 5.74) is 0.638. The summed E-state index contributed by atoms with van der Waals surface area (Å²) in [5, 5.41) is 7.72. The van der Waals surface area contributed by atoms with Crippen LogP contribution in [0.1, 0.15) is 17.2 Å². The van der Waals surface area contributed by atoms with Gasteiger partial charge in [0.15, 0.2) is 5.82 Å². The third-order valence-electron chi connectivity index (χ3n) is 2.84. The molecule has 7 heteroatoms. The first kappa shape index (κ1) is 14.8. The van der Waals surface area contributed by atoms with Crippen molar-refractivity contribution in [3.8, 4) is 0 Å². The average molecular weight is 313 g/mol. The standard InChI is InChI=1S/C13H14Cl2N4O/c1-8-16-12(18-17-8)7-19(2)13(20)6-9-10(14)4-3-5-11(9)15/h3-5H,6-7H2,1-2H3,(H,16,17,18). The molecule has 2 aromatic rings. The van der Waals surface area contributed by atoms with Gasteiger partial charge in [-0.2, -0.15) is 5.10 Å². The van der Waals surface area contributed by atoms with Crippen molar-refractivity contribution in [2.45, 2.75) is 19.9 Å². The van der Waals surface area contributed by atoms with Crippen molar-refractivity contribution in [1.29, 1.82) is 0 Å². The van der Waals surface area contributed by atoms with Crippen LogP contribution in [0.4, 0.5) is 0 Å². The van der Waals surface area contributed by atoms with E-state index in [9.17, 15) is 4.79 Å². The van der Waals surface area contributed by atoms with E-state index in [4.69, 9.17) is 23.2 Å². The topological polar surface area (TPSA) is 61.9 Å². The van der Waals surface area contributed by atoms with Crippen LogP contribution in [0.5, 0.6) is 0 Å². The molecule has 0 aliphatic carbocycles. The maximum Gasteiger partial charge on any atom is 0.227 e. The van der Waals surface area contributed by atoms with Gasteiger partial charge in [-0.15, -0.1) is 0 Å². The molecule has 1 amide bonds. The zero-order valence-corrected chi connectivity index (χ0v) is 12.7. The van der Waals surface area contributed by atoms with Crippen LogP contribution in [-0.4, -0.2) is 33.0 Å². The van der Waals surface area contributed by atoms with Crippen molar-refractivity contribution in [2.75, 3.05) is 7.05 Å². The van der Waals surface area contributed by atoms with Crippen LogP contribution < -0.4 is 0 Å². The lowest BCUT2D eigenvalue weighted by Crippen LogP contribution is -2.28. The molecule has 20 heavy (non-hydrogen) atoms. The molecule has 0 spiro atoms. The number of nitrogens with zero attached hydrogens (tertiary/aromatic N) is 3. The molecule has 1 heterocycles. The number of halogens is 2. The van der Waals surface area contributed by atoms with E-state index in [1.54, 1.807) is 30.1 Å². The Labute approximate surface area is 126 Å². The number of hydrogen-bond acceptors (Lipinski definition) is 3. The zero-order chi connectivity index (χ0) is 14.7. The van der Waals surface area contributed by atoms with Crippen molar-refractivity contribution >= 4 is 29.1 Å². The fourth-order valence-corrected chi connectivity index (χ4v) is 2.28. The summed E-state index contributed by atoms with van der Waals surface area (Å²) in [4.78, 5) is 17.9. The summed E-state index contributed by atoms with van der Waals surface area (Å²) < 4.78 is 0. The first-order valence-electron chi connectivity index (χ1n) is 6.02. The number of H-pyrrole nitrogens is 1. The fraction of sp³-hybridized carbons (Fsp3) is 0.308. The highest BCUT2D eigenvalue weighted by molar-refractivity contribution is 6.36. The third-order valence-corrected chi connectivity index (χ3v) is 3.55. The van der Waals surface area contributed by atoms with Gasteiger partial charge in [0.05, 0.1) is 13.0 Å². The minimum Gasteiger partial charge on any atom is -0.338 e. The maximum atomic E-state index is 12.2. The predicted molar refractivity (Wildman–Crippen MR) is 77.8 cm³/mol. The van der Waals surface area contributed by atoms with Gasteiger partial charge in [0.1, 0.15) is 5.82 Å². The Bertz CT molecular complexity index is 606. The Morgan fingerprint density at radius 3 is 2.55 bits per heavy atom. The van der Waals surface area contributed by atoms with Gasteiger partial charge in [0.25, 0.3) is 0 Å². The highest BCUT2D eigenvalue weighted by Gasteiger charge is 2.15. The second-order valence-electron chi connectivity index (χ2n) is 4.46. The fourth-order valence-electron chi connectivity index (χ4n) is 1.75. The second kappa shape index (κ2) is 6.24. The maximum absolute atomic E-state index is 12.2. The van der Waals surface area contributed by atoms with Crippen LogP contribution in [0.3, 0.4) is 0 Å². The van der Waals surface area contributed by atoms with E-state index < -0.39 is 0 Å². The molecule has 0 radical (unpaired) electrons. The van der Waals surface area contributed by atoms with Gasteiger partial charge >= 0.3 is 0 Å². The second-order valence-corrected chi connectivity index (χ2v) is 5.28. The summed E-state index contributed by atoms with van der Waals surface area (Å²) in [6.07, 6.45) is 0.151. The van der Waals surface area contributed by atoms with Crippen molar-refractivity contribution in [3.63, 3.8) is 0 Å². The lowest BCUT2D eigenvalue weighted by atomic mass is 10.1. The Balaban J connectivity index is 2.04. The van der Waals surface area contributed by atoms with Crippen LogP contribution in [0, 0.1) is 6.92 Å². The summed E-state index contributed by atoms with van der Waals surface area (Å²) in [6.45, 7) is 2.15. The van der Waals surface area contributed by atoms with E-state index in [0.29, 0.717) is 28.0 Å². The van der Waals surface area contributed by atoms with Crippen LogP contribution in [0.2, 0.25) is 10.0 Å². The minimum atomic E-state index is -0.0950. The number of carbonyl (C=O) groups is 1. The Kier molecular flexibility index (Phi) is 4.62. The molecule has 0 aliphatic rings. The molecule has 5 nitrogen and oxygen atoms in total. The minimum absolute atomic E-state index is 0.0950. The zero-order valence-electron chi connectivity index (χ0n) is 11.2. The van der Waals surface area contributed by atoms with Gasteiger partial charge < -0.3 is 4.90 Å². The monoisotopic (exact) mass is 312 g/mol. The molecule has 0 saturated heterocycles. The number of amides is 1. The van der Waals surface area contributed by atoms with Gasteiger partial charge in [-0.3, -0.25) is 9.89 Å². The first-order chi connectivity index (χ1) is 9.47. The molecule has 0 atom stereocenters. The number of nitrogens with one attached hydrogen (secondary N) is 1. The molecule has 0 saturated carbocycles. The molecule has 1 aromatic carbocycles. The molecule has 1 aromatic heterocycles. The molecule has 0 aliphatic heterocycles. The van der Waals surface area contributed by atoms with E-state index in [2.05, 4.69) is 15.2 Å². The number of benzene rings is 1. The van der Waals surface area contributed by atoms with Gasteiger partial charge in [0, 0.05) is 17.1 Å². The third kappa shape index (κ3) is 3.49. The first-order valence-corrected chi connectivity index (χ1v) is 6.77. The van der Waals surface area contributed by atoms with Crippen LogP contribution >= 0.6 is 23.2 Å². The van der Waals surface area contributed by atoms with E-state index in [1.807, 2.05) is 6.92 Å². The highest BCUT2D eigenvalue weighted by Crippen LogP contribution is 2.25. The Morgan fingerprint density at radius 2 is 2.00 bits per heavy atom. The summed E-state index contributed by atoms with van der Waals surface area (Å²) in [5.74, 6) is 1.20. The molecule has 0 bridgehead atoms. The summed E-state index contributed by atoms with van der Waals surface area (Å²) in [7, 11) is 1.69. The molecule has 0 unspecified atom stereocenters. The lowest BCUT2D eigenvalue weighted by Gasteiger charge is -2.16. The number of aromatic amines is 1. The van der Waals surface area contributed by atoms with Gasteiger partial charge in [-0.1, -0.05) is 29.3 Å². The van der Waals surface area contributed by atoms with Crippen LogP contribution in [-0.2, 0) is 17.8 Å². The van der Waals surface area contributed by atoms with Gasteiger partial charge in [0.2, 0.25) is 5.91 Å². The lowest BCUT2D eigenvalue weighted by molar-refractivity contribution is -0.129. The number of rotatable bonds is 4. The van der Waals surface area contributed by atoms with E-state index >= 15 is 0 Å². The Morgan fingerprint density at radius 1 is 1.35 bits per heavy atom. The SMILES string of the molecule is Cc1nc(CN(C)C(=O)Cc2c(Cl)cccc2Cl)n[nH]1. The number of carbonyl (C=O) groups excluding carboxylic acids is 1. The molecule has 2 rings (SSSR count). The molecule has 1 N–H and O–H groups in total. The summed E-state index contributed by atoms with van der Waals surface area (Å²) in [6, 6.07) is 5.18. The number of aromatic nitrogens is 3. The van der Waals surface area contributed by atoms with Crippen molar-refractivity contribution in [1.82, 2.24) is 20.1 Å². The van der Waals surface area contributed by atoms with Crippen molar-refractivity contribution in [2.24, 2.45) is 0 Å². The smallest absolute Gasteiger partial charge is 0.227 e. The van der Waals surface area contributed by atoms with Crippen molar-refractivity contribution < 1.29 is 4.79 Å². The van der Waals surface area contributed by atoms with E-state index in [-0.39, 0.29) is 12.3 Å². The van der Waals surface area contributed by atoms with Gasteiger partial charge in [-0.25, -0.2) is 4.98 Å². The Hall–Kier alpha value is -1.59. The molecule has 106 valence electrons. The molecular weight excluding hydrogens is 299 g/mol. The number of hydrogen-bond donors (Lipinski definition) is 1. The van der Waals surface area contributed by atoms with Crippen molar-refractivity contribution in [3.05, 3.63) is 45.5 Å². The van der Waals surface area contributed by atoms with Crippen LogP contribution in [0.15, 0.2) is 18.2 Å². The predicted octanol–water partition coefficient (Wildman–Crippen LogP) is 2.62. The molecule has 0 fully saturated rings. The van der Waals surface area contributed by atoms with E-state index in [0.717, 1.165) is 5.82 Å². The molecular formula is C13H14Cl2N4O. The largest absolute Gasteiger partial charge is 0.338 e.